The Kier molecular flexibility index (Phi) is 6.75. The standard InChI is InChI=1S/C20H25NOS/c1-4-5-15(2)10-12-21-14-17-6-8-18(9-7-17)19-11-13-23-20(19)16(3)22/h4,6-9,11,13,15,21H,1,5,10,12,14H2,2-3H3. The van der Waals surface area contributed by atoms with Crippen LogP contribution in [0.5, 0.6) is 0 Å². The largest absolute Gasteiger partial charge is 0.313 e. The maximum atomic E-state index is 11.6. The normalized spacial score (nSPS) is 12.1. The summed E-state index contributed by atoms with van der Waals surface area (Å²) in [5, 5.41) is 5.47. The number of nitrogens with one attached hydrogen (secondary N) is 1. The number of carbonyl (C=O) groups is 1. The third kappa shape index (κ3) is 5.15. The fraction of sp³-hybridized carbons (Fsp3) is 0.350. The Morgan fingerprint density at radius 3 is 2.70 bits per heavy atom. The van der Waals surface area contributed by atoms with Crippen LogP contribution < -0.4 is 5.32 Å². The van der Waals surface area contributed by atoms with Crippen LogP contribution in [0.3, 0.4) is 0 Å². The van der Waals surface area contributed by atoms with Crippen LogP contribution in [-0.4, -0.2) is 12.3 Å². The number of thiophene rings is 1. The first-order chi connectivity index (χ1) is 11.1. The molecule has 1 unspecified atom stereocenters. The Labute approximate surface area is 143 Å². The van der Waals surface area contributed by atoms with E-state index in [4.69, 9.17) is 0 Å². The molecule has 1 heterocycles. The van der Waals surface area contributed by atoms with Crippen molar-refractivity contribution in [2.45, 2.75) is 33.2 Å². The highest BCUT2D eigenvalue weighted by molar-refractivity contribution is 7.12. The summed E-state index contributed by atoms with van der Waals surface area (Å²) in [4.78, 5) is 12.5. The summed E-state index contributed by atoms with van der Waals surface area (Å²) in [6.07, 6.45) is 4.24. The summed E-state index contributed by atoms with van der Waals surface area (Å²) in [6.45, 7) is 9.57. The third-order valence-electron chi connectivity index (χ3n) is 3.96. The van der Waals surface area contributed by atoms with Crippen LogP contribution >= 0.6 is 11.3 Å². The van der Waals surface area contributed by atoms with Crippen molar-refractivity contribution >= 4 is 17.1 Å². The van der Waals surface area contributed by atoms with Crippen molar-refractivity contribution in [3.8, 4) is 11.1 Å². The number of ketones is 1. The molecule has 0 saturated carbocycles. The van der Waals surface area contributed by atoms with Crippen LogP contribution in [0.2, 0.25) is 0 Å². The molecule has 3 heteroatoms. The first kappa shape index (κ1) is 17.6. The van der Waals surface area contributed by atoms with E-state index in [2.05, 4.69) is 43.1 Å². The Morgan fingerprint density at radius 1 is 1.30 bits per heavy atom. The molecule has 0 aliphatic carbocycles. The lowest BCUT2D eigenvalue weighted by Gasteiger charge is -2.10. The van der Waals surface area contributed by atoms with Gasteiger partial charge in [0.25, 0.3) is 0 Å². The Hall–Kier alpha value is -1.71. The van der Waals surface area contributed by atoms with Gasteiger partial charge in [0.2, 0.25) is 0 Å². The maximum absolute atomic E-state index is 11.6. The van der Waals surface area contributed by atoms with Gasteiger partial charge in [-0.25, -0.2) is 0 Å². The van der Waals surface area contributed by atoms with Gasteiger partial charge >= 0.3 is 0 Å². The van der Waals surface area contributed by atoms with Gasteiger partial charge < -0.3 is 5.32 Å². The summed E-state index contributed by atoms with van der Waals surface area (Å²) >= 11 is 1.51. The van der Waals surface area contributed by atoms with E-state index in [0.717, 1.165) is 35.5 Å². The van der Waals surface area contributed by atoms with Gasteiger partial charge in [-0.05, 0) is 54.8 Å². The lowest BCUT2D eigenvalue weighted by molar-refractivity contribution is 0.102. The number of hydrogen-bond donors (Lipinski definition) is 1. The van der Waals surface area contributed by atoms with Crippen LogP contribution in [0.1, 0.15) is 41.9 Å². The number of Topliss-reactive ketones (excluding diaryl/α,β-unsaturated/α-hetero) is 1. The third-order valence-corrected chi connectivity index (χ3v) is 4.98. The van der Waals surface area contributed by atoms with Crippen LogP contribution in [0.15, 0.2) is 48.4 Å². The predicted molar refractivity (Wildman–Crippen MR) is 100 cm³/mol. The molecule has 0 amide bonds. The summed E-state index contributed by atoms with van der Waals surface area (Å²) in [7, 11) is 0. The first-order valence-corrected chi connectivity index (χ1v) is 8.99. The minimum Gasteiger partial charge on any atom is -0.313 e. The Bertz CT molecular complexity index is 642. The minimum atomic E-state index is 0.134. The van der Waals surface area contributed by atoms with Crippen molar-refractivity contribution in [1.29, 1.82) is 0 Å². The molecule has 0 fully saturated rings. The van der Waals surface area contributed by atoms with Crippen molar-refractivity contribution in [2.75, 3.05) is 6.54 Å². The molecule has 0 radical (unpaired) electrons. The zero-order valence-corrected chi connectivity index (χ0v) is 14.8. The molecule has 0 spiro atoms. The Balaban J connectivity index is 1.88. The molecule has 0 aliphatic heterocycles. The lowest BCUT2D eigenvalue weighted by Crippen LogP contribution is -2.16. The molecule has 0 bridgehead atoms. The Morgan fingerprint density at radius 2 is 2.04 bits per heavy atom. The van der Waals surface area contributed by atoms with Crippen molar-refractivity contribution in [3.05, 3.63) is 58.8 Å². The number of allylic oxidation sites excluding steroid dienone is 1. The fourth-order valence-electron chi connectivity index (χ4n) is 2.59. The first-order valence-electron chi connectivity index (χ1n) is 8.11. The second-order valence-corrected chi connectivity index (χ2v) is 6.93. The fourth-order valence-corrected chi connectivity index (χ4v) is 3.41. The summed E-state index contributed by atoms with van der Waals surface area (Å²) in [6, 6.07) is 10.5. The van der Waals surface area contributed by atoms with E-state index in [1.807, 2.05) is 17.5 Å². The van der Waals surface area contributed by atoms with Crippen molar-refractivity contribution in [3.63, 3.8) is 0 Å². The van der Waals surface area contributed by atoms with Crippen LogP contribution in [0, 0.1) is 5.92 Å². The van der Waals surface area contributed by atoms with Gasteiger partial charge in [0.05, 0.1) is 4.88 Å². The minimum absolute atomic E-state index is 0.134. The highest BCUT2D eigenvalue weighted by Gasteiger charge is 2.10. The molecule has 2 nitrogen and oxygen atoms in total. The van der Waals surface area contributed by atoms with Gasteiger partial charge in [-0.3, -0.25) is 4.79 Å². The molecule has 1 N–H and O–H groups in total. The molecular weight excluding hydrogens is 302 g/mol. The van der Waals surface area contributed by atoms with Gasteiger partial charge in [-0.1, -0.05) is 37.3 Å². The number of hydrogen-bond acceptors (Lipinski definition) is 3. The molecule has 0 saturated heterocycles. The van der Waals surface area contributed by atoms with Gasteiger partial charge in [0, 0.05) is 12.1 Å². The molecular formula is C20H25NOS. The van der Waals surface area contributed by atoms with Crippen LogP contribution in [0.25, 0.3) is 11.1 Å². The van der Waals surface area contributed by atoms with E-state index in [1.54, 1.807) is 6.92 Å². The smallest absolute Gasteiger partial charge is 0.170 e. The summed E-state index contributed by atoms with van der Waals surface area (Å²) < 4.78 is 0. The lowest BCUT2D eigenvalue weighted by atomic mass is 10.0. The molecule has 2 rings (SSSR count). The molecule has 1 atom stereocenters. The SMILES string of the molecule is C=CCC(C)CCNCc1ccc(-c2ccsc2C(C)=O)cc1. The van der Waals surface area contributed by atoms with E-state index in [9.17, 15) is 4.79 Å². The van der Waals surface area contributed by atoms with Gasteiger partial charge in [0.15, 0.2) is 5.78 Å². The van der Waals surface area contributed by atoms with Crippen molar-refractivity contribution < 1.29 is 4.79 Å². The monoisotopic (exact) mass is 327 g/mol. The molecule has 0 aliphatic rings. The second-order valence-electron chi connectivity index (χ2n) is 6.01. The molecule has 23 heavy (non-hydrogen) atoms. The van der Waals surface area contributed by atoms with E-state index in [1.165, 1.54) is 23.3 Å². The number of benzene rings is 1. The molecule has 1 aromatic heterocycles. The summed E-state index contributed by atoms with van der Waals surface area (Å²) in [5.41, 5.74) is 3.42. The average molecular weight is 327 g/mol. The zero-order valence-electron chi connectivity index (χ0n) is 14.0. The van der Waals surface area contributed by atoms with Crippen LogP contribution in [-0.2, 0) is 6.54 Å². The van der Waals surface area contributed by atoms with Gasteiger partial charge in [0.1, 0.15) is 0 Å². The second kappa shape index (κ2) is 8.80. The summed E-state index contributed by atoms with van der Waals surface area (Å²) in [5.74, 6) is 0.820. The van der Waals surface area contributed by atoms with Crippen molar-refractivity contribution in [1.82, 2.24) is 5.32 Å². The zero-order chi connectivity index (χ0) is 16.7. The van der Waals surface area contributed by atoms with Crippen molar-refractivity contribution in [2.24, 2.45) is 5.92 Å². The van der Waals surface area contributed by atoms with E-state index < -0.39 is 0 Å². The van der Waals surface area contributed by atoms with Gasteiger partial charge in [-0.15, -0.1) is 17.9 Å². The van der Waals surface area contributed by atoms with E-state index >= 15 is 0 Å². The molecule has 1 aromatic carbocycles. The quantitative estimate of drug-likeness (QED) is 0.384. The maximum Gasteiger partial charge on any atom is 0.170 e. The highest BCUT2D eigenvalue weighted by atomic mass is 32.1. The van der Waals surface area contributed by atoms with E-state index in [-0.39, 0.29) is 5.78 Å². The molecule has 122 valence electrons. The van der Waals surface area contributed by atoms with Gasteiger partial charge in [-0.2, -0.15) is 0 Å². The highest BCUT2D eigenvalue weighted by Crippen LogP contribution is 2.28. The number of carbonyl (C=O) groups excluding carboxylic acids is 1. The van der Waals surface area contributed by atoms with E-state index in [0.29, 0.717) is 5.92 Å². The number of rotatable bonds is 9. The van der Waals surface area contributed by atoms with Crippen LogP contribution in [0.4, 0.5) is 0 Å². The predicted octanol–water partition coefficient (Wildman–Crippen LogP) is 5.31. The molecule has 2 aromatic rings. The topological polar surface area (TPSA) is 29.1 Å². The average Bonchev–Trinajstić information content (AvgIpc) is 3.02.